The molecule has 0 saturated heterocycles. The highest BCUT2D eigenvalue weighted by Crippen LogP contribution is 2.47. The van der Waals surface area contributed by atoms with E-state index in [-0.39, 0.29) is 17.9 Å². The molecule has 3 aliphatic carbocycles. The molecule has 4 aliphatic rings. The minimum atomic E-state index is -0.719. The van der Waals surface area contributed by atoms with E-state index in [4.69, 9.17) is 9.97 Å². The molecule has 0 unspecified atom stereocenters. The van der Waals surface area contributed by atoms with E-state index in [0.29, 0.717) is 34.2 Å². The number of carboxylic acid groups (broad SMARTS) is 1. The second-order valence-electron chi connectivity index (χ2n) is 8.73. The van der Waals surface area contributed by atoms with Crippen LogP contribution in [0.25, 0.3) is 22.4 Å². The number of carboxylic acids is 1. The normalized spacial score (nSPS) is 26.9. The molecule has 2 bridgehead atoms. The van der Waals surface area contributed by atoms with Gasteiger partial charge in [-0.25, -0.2) is 19.3 Å². The van der Waals surface area contributed by atoms with Crippen LogP contribution in [0.3, 0.4) is 0 Å². The molecule has 0 aromatic carbocycles. The molecule has 2 atom stereocenters. The third-order valence-electron chi connectivity index (χ3n) is 7.07. The molecule has 7 rings (SSSR count). The number of nitrogens with zero attached hydrogens (tertiary/aromatic N) is 3. The number of H-pyrrole nitrogens is 1. The number of rotatable bonds is 4. The molecule has 3 fully saturated rings. The van der Waals surface area contributed by atoms with Crippen LogP contribution in [0.15, 0.2) is 23.4 Å². The van der Waals surface area contributed by atoms with E-state index in [2.05, 4.69) is 15.3 Å². The summed E-state index contributed by atoms with van der Waals surface area (Å²) in [5.74, 6) is 1.20. The fourth-order valence-corrected chi connectivity index (χ4v) is 6.67. The standard InChI is InChI=1S/C22H22FN5O2S/c23-12-7-13-14(9-25-19(13)24-8-12)20-26-15-5-6-31-18(15)21(28-20)27-17-11-3-1-10(2-4-11)16(17)22(29)30/h7-11,16-17H,1-6H2,(H,24,25)(H,29,30)(H,26,27,28)/t10?,11?,16-,17-/m0/s1. The lowest BCUT2D eigenvalue weighted by atomic mass is 9.61. The second-order valence-corrected chi connectivity index (χ2v) is 9.84. The fraction of sp³-hybridized carbons (Fsp3) is 0.455. The molecule has 3 N–H and O–H groups in total. The van der Waals surface area contributed by atoms with Gasteiger partial charge in [0.2, 0.25) is 0 Å². The minimum Gasteiger partial charge on any atom is -0.481 e. The van der Waals surface area contributed by atoms with Gasteiger partial charge in [-0.05, 0) is 43.6 Å². The monoisotopic (exact) mass is 439 g/mol. The van der Waals surface area contributed by atoms with Gasteiger partial charge in [0.1, 0.15) is 17.3 Å². The highest BCUT2D eigenvalue weighted by molar-refractivity contribution is 7.99. The van der Waals surface area contributed by atoms with Crippen LogP contribution in [0, 0.1) is 23.6 Å². The van der Waals surface area contributed by atoms with E-state index >= 15 is 0 Å². The van der Waals surface area contributed by atoms with Crippen LogP contribution >= 0.6 is 11.8 Å². The van der Waals surface area contributed by atoms with Gasteiger partial charge >= 0.3 is 5.97 Å². The first-order valence-electron chi connectivity index (χ1n) is 10.7. The Labute approximate surface area is 182 Å². The largest absolute Gasteiger partial charge is 0.481 e. The van der Waals surface area contributed by atoms with E-state index in [0.717, 1.165) is 48.4 Å². The predicted octanol–water partition coefficient (Wildman–Crippen LogP) is 4.11. The topological polar surface area (TPSA) is 104 Å². The molecular formula is C22H22FN5O2S. The Morgan fingerprint density at radius 3 is 2.84 bits per heavy atom. The molecule has 3 aromatic heterocycles. The zero-order valence-corrected chi connectivity index (χ0v) is 17.6. The van der Waals surface area contributed by atoms with Crippen molar-refractivity contribution in [3.8, 4) is 11.4 Å². The predicted molar refractivity (Wildman–Crippen MR) is 115 cm³/mol. The van der Waals surface area contributed by atoms with Gasteiger partial charge in [0, 0.05) is 35.4 Å². The zero-order chi connectivity index (χ0) is 21.1. The minimum absolute atomic E-state index is 0.125. The van der Waals surface area contributed by atoms with E-state index in [1.165, 1.54) is 12.3 Å². The number of aliphatic carboxylic acids is 1. The molecule has 4 heterocycles. The number of hydrogen-bond acceptors (Lipinski definition) is 6. The van der Waals surface area contributed by atoms with Crippen LogP contribution in [-0.4, -0.2) is 42.8 Å². The third kappa shape index (κ3) is 3.09. The first-order chi connectivity index (χ1) is 15.1. The van der Waals surface area contributed by atoms with Gasteiger partial charge in [-0.1, -0.05) is 0 Å². The number of aromatic nitrogens is 4. The van der Waals surface area contributed by atoms with Crippen molar-refractivity contribution in [3.63, 3.8) is 0 Å². The Morgan fingerprint density at radius 2 is 2.03 bits per heavy atom. The summed E-state index contributed by atoms with van der Waals surface area (Å²) in [6.45, 7) is 0. The maximum absolute atomic E-state index is 13.8. The van der Waals surface area contributed by atoms with Gasteiger partial charge in [0.15, 0.2) is 5.82 Å². The molecule has 0 radical (unpaired) electrons. The lowest BCUT2D eigenvalue weighted by molar-refractivity contribution is -0.148. The number of halogens is 1. The summed E-state index contributed by atoms with van der Waals surface area (Å²) >= 11 is 1.71. The Morgan fingerprint density at radius 1 is 1.23 bits per heavy atom. The van der Waals surface area contributed by atoms with Crippen molar-refractivity contribution < 1.29 is 14.3 Å². The number of nitrogens with one attached hydrogen (secondary N) is 2. The van der Waals surface area contributed by atoms with Gasteiger partial charge in [-0.2, -0.15) is 0 Å². The summed E-state index contributed by atoms with van der Waals surface area (Å²) < 4.78 is 13.8. The van der Waals surface area contributed by atoms with Crippen molar-refractivity contribution in [1.29, 1.82) is 0 Å². The van der Waals surface area contributed by atoms with E-state index < -0.39 is 11.8 Å². The third-order valence-corrected chi connectivity index (χ3v) is 8.19. The number of aromatic amines is 1. The molecule has 0 spiro atoms. The molecule has 7 nitrogen and oxygen atoms in total. The number of fused-ring (bicyclic) bond motifs is 5. The number of thioether (sulfide) groups is 1. The summed E-state index contributed by atoms with van der Waals surface area (Å²) in [7, 11) is 0. The Kier molecular flexibility index (Phi) is 4.41. The molecule has 3 saturated carbocycles. The molecule has 1 aliphatic heterocycles. The molecular weight excluding hydrogens is 417 g/mol. The average Bonchev–Trinajstić information content (AvgIpc) is 3.41. The van der Waals surface area contributed by atoms with Crippen LogP contribution in [-0.2, 0) is 11.2 Å². The first-order valence-corrected chi connectivity index (χ1v) is 11.7. The smallest absolute Gasteiger partial charge is 0.308 e. The highest BCUT2D eigenvalue weighted by atomic mass is 32.2. The van der Waals surface area contributed by atoms with Gasteiger partial charge < -0.3 is 15.4 Å². The van der Waals surface area contributed by atoms with E-state index in [1.54, 1.807) is 18.0 Å². The maximum atomic E-state index is 13.8. The summed E-state index contributed by atoms with van der Waals surface area (Å²) in [5.41, 5.74) is 2.24. The molecule has 31 heavy (non-hydrogen) atoms. The number of carbonyl (C=O) groups is 1. The van der Waals surface area contributed by atoms with Crippen LogP contribution in [0.1, 0.15) is 31.4 Å². The molecule has 0 amide bonds. The van der Waals surface area contributed by atoms with Gasteiger partial charge in [-0.3, -0.25) is 4.79 Å². The van der Waals surface area contributed by atoms with Crippen LogP contribution in [0.4, 0.5) is 10.2 Å². The van der Waals surface area contributed by atoms with E-state index in [1.807, 2.05) is 0 Å². The SMILES string of the molecule is O=C(O)[C@H]1C2CCC(CC2)[C@@H]1Nc1nc(-c2c[nH]c3ncc(F)cc23)nc2c1SCC2. The van der Waals surface area contributed by atoms with Crippen LogP contribution in [0.5, 0.6) is 0 Å². The Balaban J connectivity index is 1.43. The molecule has 160 valence electrons. The average molecular weight is 440 g/mol. The molecule has 9 heteroatoms. The lowest BCUT2D eigenvalue weighted by Crippen LogP contribution is -2.51. The zero-order valence-electron chi connectivity index (χ0n) is 16.8. The quantitative estimate of drug-likeness (QED) is 0.562. The summed E-state index contributed by atoms with van der Waals surface area (Å²) in [6, 6.07) is 1.31. The van der Waals surface area contributed by atoms with Crippen molar-refractivity contribution in [3.05, 3.63) is 30.0 Å². The number of anilines is 1. The van der Waals surface area contributed by atoms with E-state index in [9.17, 15) is 14.3 Å². The Bertz CT molecular complexity index is 1190. The van der Waals surface area contributed by atoms with Crippen molar-refractivity contribution in [2.75, 3.05) is 11.1 Å². The van der Waals surface area contributed by atoms with Crippen molar-refractivity contribution in [2.24, 2.45) is 17.8 Å². The van der Waals surface area contributed by atoms with Crippen molar-refractivity contribution >= 4 is 34.6 Å². The van der Waals surface area contributed by atoms with Crippen LogP contribution in [0.2, 0.25) is 0 Å². The summed E-state index contributed by atoms with van der Waals surface area (Å²) in [6.07, 6.45) is 7.89. The van der Waals surface area contributed by atoms with Crippen LogP contribution < -0.4 is 5.32 Å². The fourth-order valence-electron chi connectivity index (χ4n) is 5.62. The summed E-state index contributed by atoms with van der Waals surface area (Å²) in [4.78, 5) is 29.9. The van der Waals surface area contributed by atoms with Gasteiger partial charge in [0.25, 0.3) is 0 Å². The first kappa shape index (κ1) is 19.0. The van der Waals surface area contributed by atoms with Gasteiger partial charge in [0.05, 0.1) is 22.7 Å². The number of hydrogen-bond donors (Lipinski definition) is 3. The molecule has 3 aromatic rings. The Hall–Kier alpha value is -2.68. The lowest BCUT2D eigenvalue weighted by Gasteiger charge is -2.47. The second kappa shape index (κ2) is 7.19. The van der Waals surface area contributed by atoms with Crippen molar-refractivity contribution in [1.82, 2.24) is 19.9 Å². The van der Waals surface area contributed by atoms with Crippen molar-refractivity contribution in [2.45, 2.75) is 43.0 Å². The summed E-state index contributed by atoms with van der Waals surface area (Å²) in [5, 5.41) is 14.1. The van der Waals surface area contributed by atoms with Gasteiger partial charge in [-0.15, -0.1) is 11.8 Å². The maximum Gasteiger partial charge on any atom is 0.308 e. The number of aryl methyl sites for hydroxylation is 1. The number of pyridine rings is 1. The highest BCUT2D eigenvalue weighted by Gasteiger charge is 2.47.